The number of nitrogens with two attached hydrogens (primary N) is 1. The van der Waals surface area contributed by atoms with Gasteiger partial charge in [-0.15, -0.1) is 0 Å². The van der Waals surface area contributed by atoms with Crippen LogP contribution in [0.2, 0.25) is 0 Å². The van der Waals surface area contributed by atoms with E-state index in [4.69, 9.17) is 10.5 Å². The van der Waals surface area contributed by atoms with E-state index in [1.165, 1.54) is 5.56 Å². The van der Waals surface area contributed by atoms with E-state index in [1.807, 2.05) is 13.1 Å². The fraction of sp³-hybridized carbons (Fsp3) is 0.600. The first-order chi connectivity index (χ1) is 9.22. The van der Waals surface area contributed by atoms with Gasteiger partial charge in [-0.05, 0) is 25.6 Å². The number of hydrogen-bond donors (Lipinski definition) is 2. The van der Waals surface area contributed by atoms with Gasteiger partial charge < -0.3 is 15.8 Å². The predicted octanol–water partition coefficient (Wildman–Crippen LogP) is 1.38. The highest BCUT2D eigenvalue weighted by atomic mass is 16.5. The van der Waals surface area contributed by atoms with E-state index in [9.17, 15) is 0 Å². The monoisotopic (exact) mass is 263 g/mol. The molecular weight excluding hydrogens is 238 g/mol. The van der Waals surface area contributed by atoms with Gasteiger partial charge in [-0.2, -0.15) is 0 Å². The average Bonchev–Trinajstić information content (AvgIpc) is 2.46. The number of rotatable bonds is 5. The van der Waals surface area contributed by atoms with E-state index in [0.29, 0.717) is 31.5 Å². The van der Waals surface area contributed by atoms with Gasteiger partial charge in [0.2, 0.25) is 0 Å². The summed E-state index contributed by atoms with van der Waals surface area (Å²) < 4.78 is 6.10. The first kappa shape index (κ1) is 14.5. The molecule has 3 unspecified atom stereocenters. The SMILES string of the molecule is CC1C(OCc2ccccc2)CCNC1N(C)CN. The van der Waals surface area contributed by atoms with Crippen molar-refractivity contribution in [3.63, 3.8) is 0 Å². The van der Waals surface area contributed by atoms with Crippen molar-refractivity contribution in [1.29, 1.82) is 0 Å². The third kappa shape index (κ3) is 3.76. The first-order valence-corrected chi connectivity index (χ1v) is 7.01. The summed E-state index contributed by atoms with van der Waals surface area (Å²) in [4.78, 5) is 2.14. The molecule has 0 spiro atoms. The fourth-order valence-electron chi connectivity index (χ4n) is 2.71. The minimum Gasteiger partial charge on any atom is -0.373 e. The largest absolute Gasteiger partial charge is 0.373 e. The highest BCUT2D eigenvalue weighted by Gasteiger charge is 2.32. The molecule has 0 amide bonds. The number of ether oxygens (including phenoxy) is 1. The van der Waals surface area contributed by atoms with Gasteiger partial charge in [0, 0.05) is 12.6 Å². The van der Waals surface area contributed by atoms with Crippen molar-refractivity contribution in [3.05, 3.63) is 35.9 Å². The molecule has 4 nitrogen and oxygen atoms in total. The Balaban J connectivity index is 1.89. The molecule has 1 fully saturated rings. The van der Waals surface area contributed by atoms with Gasteiger partial charge in [0.05, 0.1) is 18.9 Å². The minimum absolute atomic E-state index is 0.292. The second-order valence-electron chi connectivity index (χ2n) is 5.32. The Labute approximate surface area is 115 Å². The number of nitrogens with one attached hydrogen (secondary N) is 1. The molecule has 0 aromatic heterocycles. The van der Waals surface area contributed by atoms with Crippen molar-refractivity contribution in [2.75, 3.05) is 20.3 Å². The molecular formula is C15H25N3O. The van der Waals surface area contributed by atoms with Crippen LogP contribution in [0.4, 0.5) is 0 Å². The standard InChI is InChI=1S/C15H25N3O/c1-12-14(8-9-17-15(12)18(2)11-16)19-10-13-6-4-3-5-7-13/h3-7,12,14-15,17H,8-11,16H2,1-2H3. The third-order valence-electron chi connectivity index (χ3n) is 3.94. The number of piperidine rings is 1. The molecule has 0 bridgehead atoms. The van der Waals surface area contributed by atoms with Crippen LogP contribution in [0.3, 0.4) is 0 Å². The Morgan fingerprint density at radius 1 is 1.37 bits per heavy atom. The van der Waals surface area contributed by atoms with Gasteiger partial charge in [0.1, 0.15) is 0 Å². The van der Waals surface area contributed by atoms with E-state index >= 15 is 0 Å². The molecule has 1 aromatic carbocycles. The molecule has 19 heavy (non-hydrogen) atoms. The van der Waals surface area contributed by atoms with Crippen LogP contribution in [-0.2, 0) is 11.3 Å². The van der Waals surface area contributed by atoms with E-state index in [0.717, 1.165) is 13.0 Å². The van der Waals surface area contributed by atoms with Crippen molar-refractivity contribution in [3.8, 4) is 0 Å². The van der Waals surface area contributed by atoms with E-state index in [1.54, 1.807) is 0 Å². The summed E-state index contributed by atoms with van der Waals surface area (Å²) in [5, 5.41) is 3.51. The zero-order chi connectivity index (χ0) is 13.7. The Bertz CT molecular complexity index is 371. The van der Waals surface area contributed by atoms with Gasteiger partial charge in [0.15, 0.2) is 0 Å². The van der Waals surface area contributed by atoms with Crippen molar-refractivity contribution in [2.24, 2.45) is 11.7 Å². The Morgan fingerprint density at radius 2 is 2.11 bits per heavy atom. The van der Waals surface area contributed by atoms with E-state index in [-0.39, 0.29) is 0 Å². The van der Waals surface area contributed by atoms with Crippen LogP contribution in [0.5, 0.6) is 0 Å². The zero-order valence-corrected chi connectivity index (χ0v) is 11.9. The van der Waals surface area contributed by atoms with Gasteiger partial charge in [-0.1, -0.05) is 37.3 Å². The highest BCUT2D eigenvalue weighted by molar-refractivity contribution is 5.13. The molecule has 2 rings (SSSR count). The van der Waals surface area contributed by atoms with Crippen LogP contribution >= 0.6 is 0 Å². The summed E-state index contributed by atoms with van der Waals surface area (Å²) >= 11 is 0. The maximum atomic E-state index is 6.10. The lowest BCUT2D eigenvalue weighted by atomic mass is 9.93. The molecule has 1 aromatic rings. The van der Waals surface area contributed by atoms with Crippen LogP contribution in [0, 0.1) is 5.92 Å². The van der Waals surface area contributed by atoms with Gasteiger partial charge in [0.25, 0.3) is 0 Å². The zero-order valence-electron chi connectivity index (χ0n) is 11.9. The quantitative estimate of drug-likeness (QED) is 0.788. The summed E-state index contributed by atoms with van der Waals surface area (Å²) in [5.74, 6) is 0.436. The Kier molecular flexibility index (Phi) is 5.34. The molecule has 1 heterocycles. The summed E-state index contributed by atoms with van der Waals surface area (Å²) in [5.41, 5.74) is 6.95. The molecule has 0 saturated carbocycles. The van der Waals surface area contributed by atoms with Gasteiger partial charge in [-0.3, -0.25) is 4.90 Å². The molecule has 3 N–H and O–H groups in total. The van der Waals surface area contributed by atoms with Gasteiger partial charge >= 0.3 is 0 Å². The number of nitrogens with zero attached hydrogens (tertiary/aromatic N) is 1. The Hall–Kier alpha value is -0.940. The van der Waals surface area contributed by atoms with Crippen molar-refractivity contribution < 1.29 is 4.74 Å². The van der Waals surface area contributed by atoms with Crippen LogP contribution < -0.4 is 11.1 Å². The molecule has 0 aliphatic carbocycles. The third-order valence-corrected chi connectivity index (χ3v) is 3.94. The number of hydrogen-bond acceptors (Lipinski definition) is 4. The topological polar surface area (TPSA) is 50.5 Å². The van der Waals surface area contributed by atoms with Crippen LogP contribution in [0.15, 0.2) is 30.3 Å². The highest BCUT2D eigenvalue weighted by Crippen LogP contribution is 2.22. The maximum Gasteiger partial charge on any atom is 0.0720 e. The van der Waals surface area contributed by atoms with Crippen LogP contribution in [0.1, 0.15) is 18.9 Å². The van der Waals surface area contributed by atoms with Crippen molar-refractivity contribution >= 4 is 0 Å². The average molecular weight is 263 g/mol. The van der Waals surface area contributed by atoms with Crippen LogP contribution in [0.25, 0.3) is 0 Å². The lowest BCUT2D eigenvalue weighted by Crippen LogP contribution is -2.57. The second kappa shape index (κ2) is 7.01. The molecule has 1 aliphatic rings. The molecule has 1 saturated heterocycles. The van der Waals surface area contributed by atoms with Gasteiger partial charge in [-0.25, -0.2) is 0 Å². The minimum atomic E-state index is 0.292. The fourth-order valence-corrected chi connectivity index (χ4v) is 2.71. The molecule has 0 radical (unpaired) electrons. The van der Waals surface area contributed by atoms with Crippen LogP contribution in [-0.4, -0.2) is 37.4 Å². The maximum absolute atomic E-state index is 6.10. The molecule has 1 aliphatic heterocycles. The summed E-state index contributed by atoms with van der Waals surface area (Å²) in [6.07, 6.45) is 1.66. The molecule has 106 valence electrons. The second-order valence-corrected chi connectivity index (χ2v) is 5.32. The van der Waals surface area contributed by atoms with Crippen molar-refractivity contribution in [2.45, 2.75) is 32.2 Å². The Morgan fingerprint density at radius 3 is 2.79 bits per heavy atom. The van der Waals surface area contributed by atoms with E-state index in [2.05, 4.69) is 41.4 Å². The van der Waals surface area contributed by atoms with E-state index < -0.39 is 0 Å². The smallest absolute Gasteiger partial charge is 0.0720 e. The number of benzene rings is 1. The van der Waals surface area contributed by atoms with Crippen molar-refractivity contribution in [1.82, 2.24) is 10.2 Å². The summed E-state index contributed by atoms with van der Waals surface area (Å²) in [7, 11) is 2.05. The predicted molar refractivity (Wildman–Crippen MR) is 77.4 cm³/mol. The lowest BCUT2D eigenvalue weighted by molar-refractivity contribution is -0.0502. The molecule has 3 atom stereocenters. The molecule has 4 heteroatoms. The summed E-state index contributed by atoms with van der Waals surface area (Å²) in [6.45, 7) is 4.47. The normalized spacial score (nSPS) is 27.7. The summed E-state index contributed by atoms with van der Waals surface area (Å²) in [6, 6.07) is 10.3. The first-order valence-electron chi connectivity index (χ1n) is 7.01. The lowest BCUT2D eigenvalue weighted by Gasteiger charge is -2.41.